The Kier molecular flexibility index (Phi) is 2.92. The Morgan fingerprint density at radius 2 is 2.00 bits per heavy atom. The number of thiazole rings is 1. The highest BCUT2D eigenvalue weighted by atomic mass is 32.1. The quantitative estimate of drug-likeness (QED) is 0.776. The first-order valence-corrected chi connectivity index (χ1v) is 7.23. The van der Waals surface area contributed by atoms with Crippen molar-refractivity contribution in [2.45, 2.75) is 27.3 Å². The molecule has 4 heteroatoms. The van der Waals surface area contributed by atoms with Crippen LogP contribution in [0.4, 0.5) is 0 Å². The van der Waals surface area contributed by atoms with E-state index in [0.717, 1.165) is 16.3 Å². The van der Waals surface area contributed by atoms with E-state index < -0.39 is 0 Å². The molecule has 2 N–H and O–H groups in total. The maximum atomic E-state index is 5.87. The van der Waals surface area contributed by atoms with Gasteiger partial charge in [-0.1, -0.05) is 12.1 Å². The van der Waals surface area contributed by atoms with Crippen molar-refractivity contribution < 1.29 is 0 Å². The largest absolute Gasteiger partial charge is 0.325 e. The van der Waals surface area contributed by atoms with Crippen LogP contribution in [0.1, 0.15) is 22.5 Å². The van der Waals surface area contributed by atoms with Gasteiger partial charge in [0.1, 0.15) is 0 Å². The van der Waals surface area contributed by atoms with Crippen LogP contribution in [-0.4, -0.2) is 9.38 Å². The molecule has 0 bridgehead atoms. The molecule has 98 valence electrons. The summed E-state index contributed by atoms with van der Waals surface area (Å²) in [7, 11) is 0. The first-order valence-electron chi connectivity index (χ1n) is 6.35. The highest BCUT2D eigenvalue weighted by molar-refractivity contribution is 7.15. The third-order valence-corrected chi connectivity index (χ3v) is 4.48. The second-order valence-electron chi connectivity index (χ2n) is 4.89. The fourth-order valence-corrected chi connectivity index (χ4v) is 3.32. The van der Waals surface area contributed by atoms with Crippen LogP contribution in [0, 0.1) is 20.8 Å². The minimum absolute atomic E-state index is 0.515. The number of rotatable bonds is 2. The molecule has 0 aliphatic rings. The van der Waals surface area contributed by atoms with Crippen LogP contribution in [0.25, 0.3) is 16.2 Å². The molecule has 0 aliphatic carbocycles. The summed E-state index contributed by atoms with van der Waals surface area (Å²) in [4.78, 5) is 5.59. The summed E-state index contributed by atoms with van der Waals surface area (Å²) in [5, 5.41) is 2.16. The van der Waals surface area contributed by atoms with Gasteiger partial charge in [-0.2, -0.15) is 0 Å². The zero-order valence-electron chi connectivity index (χ0n) is 11.4. The normalized spacial score (nSPS) is 11.4. The second-order valence-corrected chi connectivity index (χ2v) is 5.72. The van der Waals surface area contributed by atoms with E-state index >= 15 is 0 Å². The van der Waals surface area contributed by atoms with Crippen LogP contribution in [0.15, 0.2) is 23.6 Å². The van der Waals surface area contributed by atoms with E-state index in [2.05, 4.69) is 46.8 Å². The van der Waals surface area contributed by atoms with Crippen molar-refractivity contribution in [2.75, 3.05) is 0 Å². The first-order chi connectivity index (χ1) is 9.11. The van der Waals surface area contributed by atoms with Crippen LogP contribution in [-0.2, 0) is 6.54 Å². The van der Waals surface area contributed by atoms with Crippen molar-refractivity contribution in [2.24, 2.45) is 5.73 Å². The molecule has 1 aromatic carbocycles. The average molecular weight is 271 g/mol. The van der Waals surface area contributed by atoms with Crippen molar-refractivity contribution in [3.63, 3.8) is 0 Å². The molecule has 2 heterocycles. The monoisotopic (exact) mass is 271 g/mol. The minimum atomic E-state index is 0.515. The Morgan fingerprint density at radius 1 is 1.21 bits per heavy atom. The zero-order chi connectivity index (χ0) is 13.6. The van der Waals surface area contributed by atoms with E-state index in [0.29, 0.717) is 6.54 Å². The van der Waals surface area contributed by atoms with Crippen LogP contribution >= 0.6 is 11.3 Å². The Balaban J connectivity index is 2.27. The van der Waals surface area contributed by atoms with Crippen molar-refractivity contribution in [1.82, 2.24) is 9.38 Å². The molecular formula is C15H17N3S. The first kappa shape index (κ1) is 12.4. The molecule has 0 radical (unpaired) electrons. The number of aromatic nitrogens is 2. The molecule has 2 aromatic heterocycles. The van der Waals surface area contributed by atoms with Gasteiger partial charge in [0, 0.05) is 11.9 Å². The molecule has 3 rings (SSSR count). The summed E-state index contributed by atoms with van der Waals surface area (Å²) in [5.74, 6) is 0. The Morgan fingerprint density at radius 3 is 2.68 bits per heavy atom. The lowest BCUT2D eigenvalue weighted by Gasteiger charge is -2.06. The Hall–Kier alpha value is -1.65. The topological polar surface area (TPSA) is 43.3 Å². The molecular weight excluding hydrogens is 254 g/mol. The number of benzene rings is 1. The van der Waals surface area contributed by atoms with Crippen LogP contribution in [0.5, 0.6) is 0 Å². The number of hydrogen-bond acceptors (Lipinski definition) is 3. The lowest BCUT2D eigenvalue weighted by Crippen LogP contribution is -2.03. The number of aryl methyl sites for hydroxylation is 3. The standard InChI is InChI=1S/C15H17N3S/c1-9-4-5-12(6-10(9)2)14-8-19-15-17-11(3)13(7-16)18(14)15/h4-6,8H,7,16H2,1-3H3. The molecule has 3 aromatic rings. The van der Waals surface area contributed by atoms with Gasteiger partial charge >= 0.3 is 0 Å². The Bertz CT molecular complexity index is 752. The van der Waals surface area contributed by atoms with Gasteiger partial charge in [0.05, 0.1) is 17.1 Å². The van der Waals surface area contributed by atoms with Gasteiger partial charge in [-0.3, -0.25) is 4.40 Å². The fraction of sp³-hybridized carbons (Fsp3) is 0.267. The predicted octanol–water partition coefficient (Wildman–Crippen LogP) is 3.45. The zero-order valence-corrected chi connectivity index (χ0v) is 12.2. The molecule has 0 amide bonds. The highest BCUT2D eigenvalue weighted by Gasteiger charge is 2.14. The van der Waals surface area contributed by atoms with E-state index in [1.807, 2.05) is 6.92 Å². The number of nitrogens with two attached hydrogens (primary N) is 1. The third-order valence-electron chi connectivity index (χ3n) is 3.66. The number of hydrogen-bond donors (Lipinski definition) is 1. The second kappa shape index (κ2) is 4.47. The van der Waals surface area contributed by atoms with Gasteiger partial charge < -0.3 is 5.73 Å². The highest BCUT2D eigenvalue weighted by Crippen LogP contribution is 2.29. The van der Waals surface area contributed by atoms with E-state index in [4.69, 9.17) is 5.73 Å². The van der Waals surface area contributed by atoms with Gasteiger partial charge in [-0.25, -0.2) is 4.98 Å². The smallest absolute Gasteiger partial charge is 0.194 e. The van der Waals surface area contributed by atoms with Gasteiger partial charge in [0.2, 0.25) is 0 Å². The number of fused-ring (bicyclic) bond motifs is 1. The van der Waals surface area contributed by atoms with Gasteiger partial charge in [-0.05, 0) is 43.5 Å². The summed E-state index contributed by atoms with van der Waals surface area (Å²) in [6.45, 7) is 6.81. The molecule has 0 spiro atoms. The number of nitrogens with zero attached hydrogens (tertiary/aromatic N) is 2. The molecule has 0 saturated carbocycles. The van der Waals surface area contributed by atoms with Crippen LogP contribution in [0.2, 0.25) is 0 Å². The molecule has 0 atom stereocenters. The molecule has 0 aliphatic heterocycles. The SMILES string of the molecule is Cc1ccc(-c2csc3nc(C)c(CN)n23)cc1C. The molecule has 0 saturated heterocycles. The van der Waals surface area contributed by atoms with E-state index in [-0.39, 0.29) is 0 Å². The summed E-state index contributed by atoms with van der Waals surface area (Å²) in [5.41, 5.74) is 13.0. The molecule has 19 heavy (non-hydrogen) atoms. The molecule has 3 nitrogen and oxygen atoms in total. The minimum Gasteiger partial charge on any atom is -0.325 e. The van der Waals surface area contributed by atoms with Gasteiger partial charge in [0.25, 0.3) is 0 Å². The Labute approximate surface area is 116 Å². The third kappa shape index (κ3) is 1.88. The van der Waals surface area contributed by atoms with Crippen molar-refractivity contribution in [3.8, 4) is 11.3 Å². The van der Waals surface area contributed by atoms with Crippen molar-refractivity contribution in [1.29, 1.82) is 0 Å². The van der Waals surface area contributed by atoms with Crippen LogP contribution < -0.4 is 5.73 Å². The predicted molar refractivity (Wildman–Crippen MR) is 80.6 cm³/mol. The van der Waals surface area contributed by atoms with Gasteiger partial charge in [-0.15, -0.1) is 11.3 Å². The van der Waals surface area contributed by atoms with Crippen molar-refractivity contribution >= 4 is 16.3 Å². The average Bonchev–Trinajstić information content (AvgIpc) is 2.90. The van der Waals surface area contributed by atoms with Crippen LogP contribution in [0.3, 0.4) is 0 Å². The van der Waals surface area contributed by atoms with Crippen molar-refractivity contribution in [3.05, 3.63) is 46.1 Å². The number of imidazole rings is 1. The van der Waals surface area contributed by atoms with Gasteiger partial charge in [0.15, 0.2) is 4.96 Å². The maximum Gasteiger partial charge on any atom is 0.194 e. The summed E-state index contributed by atoms with van der Waals surface area (Å²) in [6.07, 6.45) is 0. The van der Waals surface area contributed by atoms with E-state index in [9.17, 15) is 0 Å². The summed E-state index contributed by atoms with van der Waals surface area (Å²) in [6, 6.07) is 6.56. The summed E-state index contributed by atoms with van der Waals surface area (Å²) < 4.78 is 2.18. The lowest BCUT2D eigenvalue weighted by atomic mass is 10.0. The van der Waals surface area contributed by atoms with E-state index in [1.54, 1.807) is 11.3 Å². The van der Waals surface area contributed by atoms with E-state index in [1.165, 1.54) is 22.4 Å². The summed E-state index contributed by atoms with van der Waals surface area (Å²) >= 11 is 1.67. The molecule has 0 unspecified atom stereocenters. The fourth-order valence-electron chi connectivity index (χ4n) is 2.36. The lowest BCUT2D eigenvalue weighted by molar-refractivity contribution is 0.952. The molecule has 0 fully saturated rings. The maximum absolute atomic E-state index is 5.87.